The predicted octanol–water partition coefficient (Wildman–Crippen LogP) is 1.95. The van der Waals surface area contributed by atoms with Crippen LogP contribution in [0.25, 0.3) is 11.0 Å². The second kappa shape index (κ2) is 4.33. The molecule has 1 saturated heterocycles. The monoisotopic (exact) mass is 244 g/mol. The third kappa shape index (κ3) is 1.81. The number of nitrogens with zero attached hydrogens (tertiary/aromatic N) is 3. The number of amides is 1. The van der Waals surface area contributed by atoms with Gasteiger partial charge in [0.05, 0.1) is 11.9 Å². The van der Waals surface area contributed by atoms with Crippen molar-refractivity contribution in [2.45, 2.75) is 19.3 Å². The first-order chi connectivity index (χ1) is 8.75. The van der Waals surface area contributed by atoms with Crippen molar-refractivity contribution < 1.29 is 4.79 Å². The zero-order valence-electron chi connectivity index (χ0n) is 10.2. The van der Waals surface area contributed by atoms with E-state index in [1.807, 2.05) is 12.3 Å². The van der Waals surface area contributed by atoms with E-state index in [0.29, 0.717) is 5.65 Å². The molecule has 5 heteroatoms. The molecule has 1 aliphatic heterocycles. The van der Waals surface area contributed by atoms with Crippen LogP contribution in [0, 0.1) is 0 Å². The number of piperidine rings is 1. The molecule has 94 valence electrons. The Hall–Kier alpha value is -2.04. The second-order valence-electron chi connectivity index (χ2n) is 4.68. The predicted molar refractivity (Wildman–Crippen MR) is 70.8 cm³/mol. The van der Waals surface area contributed by atoms with Crippen LogP contribution in [0.2, 0.25) is 0 Å². The van der Waals surface area contributed by atoms with Gasteiger partial charge in [0, 0.05) is 24.7 Å². The van der Waals surface area contributed by atoms with E-state index in [4.69, 9.17) is 5.73 Å². The van der Waals surface area contributed by atoms with Gasteiger partial charge >= 0.3 is 6.03 Å². The fourth-order valence-electron chi connectivity index (χ4n) is 2.52. The van der Waals surface area contributed by atoms with Crippen molar-refractivity contribution in [3.8, 4) is 0 Å². The third-order valence-corrected chi connectivity index (χ3v) is 3.47. The smallest absolute Gasteiger partial charge is 0.324 e. The van der Waals surface area contributed by atoms with Crippen LogP contribution in [0.5, 0.6) is 0 Å². The molecule has 0 bridgehead atoms. The molecule has 0 aliphatic carbocycles. The van der Waals surface area contributed by atoms with Crippen LogP contribution in [0.15, 0.2) is 24.5 Å². The summed E-state index contributed by atoms with van der Waals surface area (Å²) in [6.07, 6.45) is 7.28. The Morgan fingerprint density at radius 3 is 2.78 bits per heavy atom. The number of nitrogens with two attached hydrogens (primary N) is 1. The summed E-state index contributed by atoms with van der Waals surface area (Å²) in [5.41, 5.74) is 7.04. The molecular weight excluding hydrogens is 228 g/mol. The number of fused-ring (bicyclic) bond motifs is 1. The van der Waals surface area contributed by atoms with Gasteiger partial charge in [-0.05, 0) is 31.4 Å². The molecule has 0 aromatic carbocycles. The van der Waals surface area contributed by atoms with Crippen LogP contribution in [-0.2, 0) is 0 Å². The number of carbonyl (C=O) groups is 1. The topological polar surface area (TPSA) is 64.2 Å². The molecule has 2 aromatic rings. The van der Waals surface area contributed by atoms with E-state index >= 15 is 0 Å². The van der Waals surface area contributed by atoms with E-state index in [1.165, 1.54) is 23.8 Å². The van der Waals surface area contributed by atoms with Gasteiger partial charge in [0.15, 0.2) is 0 Å². The minimum atomic E-state index is -0.497. The third-order valence-electron chi connectivity index (χ3n) is 3.47. The Balaban J connectivity index is 1.98. The maximum absolute atomic E-state index is 11.2. The quantitative estimate of drug-likeness (QED) is 0.834. The highest BCUT2D eigenvalue weighted by Gasteiger charge is 2.13. The normalized spacial score (nSPS) is 16.1. The Bertz CT molecular complexity index is 584. The van der Waals surface area contributed by atoms with Crippen molar-refractivity contribution in [1.82, 2.24) is 9.55 Å². The number of hydrogen-bond donors (Lipinski definition) is 1. The van der Waals surface area contributed by atoms with Crippen molar-refractivity contribution in [3.05, 3.63) is 24.5 Å². The Morgan fingerprint density at radius 2 is 2.06 bits per heavy atom. The van der Waals surface area contributed by atoms with E-state index in [0.717, 1.165) is 24.2 Å². The lowest BCUT2D eigenvalue weighted by molar-refractivity contribution is 0.251. The molecule has 5 nitrogen and oxygen atoms in total. The van der Waals surface area contributed by atoms with Gasteiger partial charge in [-0.3, -0.25) is 4.57 Å². The number of anilines is 1. The zero-order chi connectivity index (χ0) is 12.5. The maximum Gasteiger partial charge on any atom is 0.324 e. The number of pyridine rings is 1. The molecule has 1 amide bonds. The number of rotatable bonds is 1. The van der Waals surface area contributed by atoms with E-state index < -0.39 is 6.03 Å². The first-order valence-electron chi connectivity index (χ1n) is 6.27. The van der Waals surface area contributed by atoms with Crippen molar-refractivity contribution in [2.75, 3.05) is 18.0 Å². The van der Waals surface area contributed by atoms with E-state index in [9.17, 15) is 4.79 Å². The number of aromatic nitrogens is 2. The van der Waals surface area contributed by atoms with Gasteiger partial charge < -0.3 is 10.6 Å². The number of carbonyl (C=O) groups excluding carboxylic acids is 1. The first-order valence-corrected chi connectivity index (χ1v) is 6.27. The zero-order valence-corrected chi connectivity index (χ0v) is 10.2. The molecule has 0 saturated carbocycles. The molecule has 0 radical (unpaired) electrons. The van der Waals surface area contributed by atoms with Crippen LogP contribution in [0.4, 0.5) is 10.5 Å². The Morgan fingerprint density at radius 1 is 1.28 bits per heavy atom. The van der Waals surface area contributed by atoms with Gasteiger partial charge in [0.1, 0.15) is 5.65 Å². The van der Waals surface area contributed by atoms with Gasteiger partial charge in [0.2, 0.25) is 0 Å². The minimum absolute atomic E-state index is 0.497. The van der Waals surface area contributed by atoms with Crippen LogP contribution in [0.1, 0.15) is 19.3 Å². The fourth-order valence-corrected chi connectivity index (χ4v) is 2.52. The molecule has 1 aliphatic rings. The molecule has 1 fully saturated rings. The Labute approximate surface area is 105 Å². The summed E-state index contributed by atoms with van der Waals surface area (Å²) < 4.78 is 1.37. The standard InChI is InChI=1S/C13H16N4O/c14-13(18)17-7-4-10-8-11(9-15-12(10)17)16-5-2-1-3-6-16/h4,7-9H,1-3,5-6H2,(H2,14,18). The van der Waals surface area contributed by atoms with E-state index in [2.05, 4.69) is 16.0 Å². The van der Waals surface area contributed by atoms with Crippen molar-refractivity contribution >= 4 is 22.8 Å². The SMILES string of the molecule is NC(=O)n1ccc2cc(N3CCCCC3)cnc21. The van der Waals surface area contributed by atoms with E-state index in [-0.39, 0.29) is 0 Å². The molecular formula is C13H16N4O. The van der Waals surface area contributed by atoms with Crippen molar-refractivity contribution in [2.24, 2.45) is 5.73 Å². The molecule has 2 aromatic heterocycles. The molecule has 0 unspecified atom stereocenters. The highest BCUT2D eigenvalue weighted by atomic mass is 16.2. The molecule has 3 rings (SSSR count). The highest BCUT2D eigenvalue weighted by molar-refractivity contribution is 5.89. The van der Waals surface area contributed by atoms with Crippen LogP contribution in [0.3, 0.4) is 0 Å². The largest absolute Gasteiger partial charge is 0.370 e. The fraction of sp³-hybridized carbons (Fsp3) is 0.385. The first kappa shape index (κ1) is 11.1. The van der Waals surface area contributed by atoms with Gasteiger partial charge in [-0.2, -0.15) is 0 Å². The Kier molecular flexibility index (Phi) is 2.66. The minimum Gasteiger partial charge on any atom is -0.370 e. The van der Waals surface area contributed by atoms with Crippen LogP contribution < -0.4 is 10.6 Å². The number of primary amides is 1. The summed E-state index contributed by atoms with van der Waals surface area (Å²) in [5.74, 6) is 0. The van der Waals surface area contributed by atoms with Gasteiger partial charge in [0.25, 0.3) is 0 Å². The lowest BCUT2D eigenvalue weighted by Crippen LogP contribution is -2.29. The van der Waals surface area contributed by atoms with Crippen molar-refractivity contribution in [3.63, 3.8) is 0 Å². The summed E-state index contributed by atoms with van der Waals surface area (Å²) in [4.78, 5) is 17.9. The highest BCUT2D eigenvalue weighted by Crippen LogP contribution is 2.23. The second-order valence-corrected chi connectivity index (χ2v) is 4.68. The summed E-state index contributed by atoms with van der Waals surface area (Å²) in [6, 6.07) is 3.46. The summed E-state index contributed by atoms with van der Waals surface area (Å²) in [7, 11) is 0. The van der Waals surface area contributed by atoms with Gasteiger partial charge in [-0.25, -0.2) is 9.78 Å². The summed E-state index contributed by atoms with van der Waals surface area (Å²) >= 11 is 0. The number of hydrogen-bond acceptors (Lipinski definition) is 3. The van der Waals surface area contributed by atoms with Gasteiger partial charge in [-0.15, -0.1) is 0 Å². The molecule has 2 N–H and O–H groups in total. The lowest BCUT2D eigenvalue weighted by atomic mass is 10.1. The van der Waals surface area contributed by atoms with Crippen molar-refractivity contribution in [1.29, 1.82) is 0 Å². The average molecular weight is 244 g/mol. The van der Waals surface area contributed by atoms with Crippen LogP contribution in [-0.4, -0.2) is 28.7 Å². The lowest BCUT2D eigenvalue weighted by Gasteiger charge is -2.28. The molecule has 0 spiro atoms. The average Bonchev–Trinajstić information content (AvgIpc) is 2.82. The van der Waals surface area contributed by atoms with Crippen LogP contribution >= 0.6 is 0 Å². The van der Waals surface area contributed by atoms with Gasteiger partial charge in [-0.1, -0.05) is 0 Å². The maximum atomic E-state index is 11.2. The molecule has 0 atom stereocenters. The molecule has 3 heterocycles. The summed E-state index contributed by atoms with van der Waals surface area (Å²) in [5, 5.41) is 0.955. The molecule has 18 heavy (non-hydrogen) atoms. The van der Waals surface area contributed by atoms with E-state index in [1.54, 1.807) is 6.20 Å². The summed E-state index contributed by atoms with van der Waals surface area (Å²) in [6.45, 7) is 2.17.